The number of rotatable bonds is 4. The Bertz CT molecular complexity index is 533. The summed E-state index contributed by atoms with van der Waals surface area (Å²) in [5.41, 5.74) is 0.772. The van der Waals surface area contributed by atoms with Gasteiger partial charge in [-0.1, -0.05) is 12.5 Å². The third kappa shape index (κ3) is 1.85. The summed E-state index contributed by atoms with van der Waals surface area (Å²) in [7, 11) is 1.61. The van der Waals surface area contributed by atoms with Crippen LogP contribution in [0.3, 0.4) is 0 Å². The fourth-order valence-corrected chi connectivity index (χ4v) is 3.06. The van der Waals surface area contributed by atoms with E-state index < -0.39 is 11.4 Å². The quantitative estimate of drug-likeness (QED) is 0.913. The Morgan fingerprint density at radius 2 is 2.10 bits per heavy atom. The monoisotopic (exact) mass is 278 g/mol. The Balaban J connectivity index is 2.17. The highest BCUT2D eigenvalue weighted by Gasteiger charge is 2.49. The standard InChI is InChI=1S/C15H18O5/c1-18-9-10-3-4-11-13(20-8-7-19-11)12(10)15(14(16)17)5-2-6-15/h3-4H,2,5-9H2,1H3,(H,16,17). The van der Waals surface area contributed by atoms with Gasteiger partial charge in [0, 0.05) is 12.7 Å². The van der Waals surface area contributed by atoms with Crippen LogP contribution in [0.25, 0.3) is 0 Å². The van der Waals surface area contributed by atoms with Gasteiger partial charge in [0.25, 0.3) is 0 Å². The molecule has 1 fully saturated rings. The molecule has 20 heavy (non-hydrogen) atoms. The van der Waals surface area contributed by atoms with Crippen LogP contribution in [0.4, 0.5) is 0 Å². The van der Waals surface area contributed by atoms with Gasteiger partial charge in [0.1, 0.15) is 13.2 Å². The van der Waals surface area contributed by atoms with Crippen molar-refractivity contribution in [3.63, 3.8) is 0 Å². The Labute approximate surface area is 117 Å². The molecule has 1 aromatic rings. The van der Waals surface area contributed by atoms with E-state index in [9.17, 15) is 9.90 Å². The van der Waals surface area contributed by atoms with Gasteiger partial charge in [0.2, 0.25) is 0 Å². The SMILES string of the molecule is COCc1ccc2c(c1C1(C(=O)O)CCC1)OCCO2. The summed E-state index contributed by atoms with van der Waals surface area (Å²) < 4.78 is 16.5. The molecule has 0 atom stereocenters. The van der Waals surface area contributed by atoms with Gasteiger partial charge in [0.15, 0.2) is 11.5 Å². The third-order valence-electron chi connectivity index (χ3n) is 4.19. The molecule has 0 radical (unpaired) electrons. The second kappa shape index (κ2) is 4.98. The molecule has 1 aromatic carbocycles. The van der Waals surface area contributed by atoms with Crippen molar-refractivity contribution in [1.29, 1.82) is 0 Å². The molecule has 1 aliphatic carbocycles. The molecule has 5 nitrogen and oxygen atoms in total. The van der Waals surface area contributed by atoms with Crippen LogP contribution in [0.2, 0.25) is 0 Å². The first-order valence-electron chi connectivity index (χ1n) is 6.83. The molecular formula is C15H18O5. The van der Waals surface area contributed by atoms with Gasteiger partial charge in [-0.2, -0.15) is 0 Å². The minimum absolute atomic E-state index is 0.376. The zero-order chi connectivity index (χ0) is 14.2. The summed E-state index contributed by atoms with van der Waals surface area (Å²) in [5, 5.41) is 9.69. The number of carboxylic acid groups (broad SMARTS) is 1. The lowest BCUT2D eigenvalue weighted by molar-refractivity contribution is -0.147. The number of fused-ring (bicyclic) bond motifs is 1. The molecule has 1 N–H and O–H groups in total. The summed E-state index contributed by atoms with van der Waals surface area (Å²) >= 11 is 0. The second-order valence-corrected chi connectivity index (χ2v) is 5.30. The summed E-state index contributed by atoms with van der Waals surface area (Å²) in [5.74, 6) is 0.440. The number of carbonyl (C=O) groups is 1. The van der Waals surface area contributed by atoms with E-state index in [1.807, 2.05) is 12.1 Å². The lowest BCUT2D eigenvalue weighted by Crippen LogP contribution is -2.43. The van der Waals surface area contributed by atoms with Crippen molar-refractivity contribution >= 4 is 5.97 Å². The Morgan fingerprint density at radius 1 is 1.35 bits per heavy atom. The van der Waals surface area contributed by atoms with Crippen molar-refractivity contribution < 1.29 is 24.1 Å². The fraction of sp³-hybridized carbons (Fsp3) is 0.533. The van der Waals surface area contributed by atoms with Crippen LogP contribution in [-0.4, -0.2) is 31.4 Å². The molecule has 108 valence electrons. The molecule has 1 aliphatic heterocycles. The summed E-state index contributed by atoms with van der Waals surface area (Å²) in [6.07, 6.45) is 2.20. The van der Waals surface area contributed by atoms with E-state index >= 15 is 0 Å². The lowest BCUT2D eigenvalue weighted by Gasteiger charge is -2.41. The number of ether oxygens (including phenoxy) is 3. The molecule has 0 saturated heterocycles. The number of benzene rings is 1. The Kier molecular flexibility index (Phi) is 3.30. The van der Waals surface area contributed by atoms with E-state index in [-0.39, 0.29) is 0 Å². The first kappa shape index (κ1) is 13.2. The Hall–Kier alpha value is -1.75. The number of hydrogen-bond donors (Lipinski definition) is 1. The van der Waals surface area contributed by atoms with Crippen LogP contribution in [0.15, 0.2) is 12.1 Å². The van der Waals surface area contributed by atoms with Crippen LogP contribution in [0, 0.1) is 0 Å². The maximum absolute atomic E-state index is 11.8. The fourth-order valence-electron chi connectivity index (χ4n) is 3.06. The predicted octanol–water partition coefficient (Wildman–Crippen LogP) is 2.11. The van der Waals surface area contributed by atoms with Crippen molar-refractivity contribution in [1.82, 2.24) is 0 Å². The highest BCUT2D eigenvalue weighted by atomic mass is 16.6. The number of hydrogen-bond acceptors (Lipinski definition) is 4. The minimum atomic E-state index is -0.847. The van der Waals surface area contributed by atoms with E-state index in [1.54, 1.807) is 7.11 Å². The van der Waals surface area contributed by atoms with E-state index in [0.29, 0.717) is 44.2 Å². The third-order valence-corrected chi connectivity index (χ3v) is 4.19. The molecule has 5 heteroatoms. The smallest absolute Gasteiger partial charge is 0.314 e. The first-order valence-corrected chi connectivity index (χ1v) is 6.83. The molecule has 2 aliphatic rings. The van der Waals surface area contributed by atoms with E-state index in [2.05, 4.69) is 0 Å². The lowest BCUT2D eigenvalue weighted by atomic mass is 9.63. The zero-order valence-electron chi connectivity index (χ0n) is 11.5. The van der Waals surface area contributed by atoms with Gasteiger partial charge in [-0.15, -0.1) is 0 Å². The number of carboxylic acids is 1. The van der Waals surface area contributed by atoms with Crippen LogP contribution in [-0.2, 0) is 21.6 Å². The predicted molar refractivity (Wildman–Crippen MR) is 71.3 cm³/mol. The maximum atomic E-state index is 11.8. The van der Waals surface area contributed by atoms with Crippen LogP contribution in [0.1, 0.15) is 30.4 Å². The van der Waals surface area contributed by atoms with Crippen molar-refractivity contribution in [2.75, 3.05) is 20.3 Å². The topological polar surface area (TPSA) is 65.0 Å². The molecular weight excluding hydrogens is 260 g/mol. The van der Waals surface area contributed by atoms with Gasteiger partial charge in [-0.25, -0.2) is 0 Å². The molecule has 0 unspecified atom stereocenters. The second-order valence-electron chi connectivity index (χ2n) is 5.30. The molecule has 0 amide bonds. The summed E-state index contributed by atoms with van der Waals surface area (Å²) in [6, 6.07) is 3.72. The van der Waals surface area contributed by atoms with Crippen molar-refractivity contribution in [3.05, 3.63) is 23.3 Å². The van der Waals surface area contributed by atoms with Crippen LogP contribution in [0.5, 0.6) is 11.5 Å². The number of methoxy groups -OCH3 is 1. The van der Waals surface area contributed by atoms with Crippen molar-refractivity contribution in [2.24, 2.45) is 0 Å². The first-order chi connectivity index (χ1) is 9.69. The average Bonchev–Trinajstić information content (AvgIpc) is 2.39. The van der Waals surface area contributed by atoms with Crippen molar-refractivity contribution in [3.8, 4) is 11.5 Å². The largest absolute Gasteiger partial charge is 0.486 e. The minimum Gasteiger partial charge on any atom is -0.486 e. The summed E-state index contributed by atoms with van der Waals surface area (Å²) in [4.78, 5) is 11.8. The molecule has 0 spiro atoms. The highest BCUT2D eigenvalue weighted by Crippen LogP contribution is 2.52. The van der Waals surface area contributed by atoms with E-state index in [1.165, 1.54) is 0 Å². The molecule has 3 rings (SSSR count). The maximum Gasteiger partial charge on any atom is 0.314 e. The van der Waals surface area contributed by atoms with E-state index in [4.69, 9.17) is 14.2 Å². The Morgan fingerprint density at radius 3 is 2.70 bits per heavy atom. The van der Waals surface area contributed by atoms with Gasteiger partial charge < -0.3 is 19.3 Å². The van der Waals surface area contributed by atoms with E-state index in [0.717, 1.165) is 17.5 Å². The molecule has 0 aromatic heterocycles. The molecule has 1 saturated carbocycles. The van der Waals surface area contributed by atoms with Gasteiger partial charge in [0.05, 0.1) is 12.0 Å². The normalized spacial score (nSPS) is 19.2. The average molecular weight is 278 g/mol. The highest BCUT2D eigenvalue weighted by molar-refractivity contribution is 5.85. The molecule has 1 heterocycles. The zero-order valence-corrected chi connectivity index (χ0v) is 11.5. The van der Waals surface area contributed by atoms with Gasteiger partial charge in [-0.3, -0.25) is 4.79 Å². The van der Waals surface area contributed by atoms with Gasteiger partial charge in [-0.05, 0) is 24.5 Å². The van der Waals surface area contributed by atoms with Crippen LogP contribution < -0.4 is 9.47 Å². The van der Waals surface area contributed by atoms with Crippen LogP contribution >= 0.6 is 0 Å². The summed E-state index contributed by atoms with van der Waals surface area (Å²) in [6.45, 7) is 1.32. The van der Waals surface area contributed by atoms with Crippen molar-refractivity contribution in [2.45, 2.75) is 31.3 Å². The van der Waals surface area contributed by atoms with Gasteiger partial charge >= 0.3 is 5.97 Å². The molecule has 0 bridgehead atoms. The number of aliphatic carboxylic acids is 1.